The van der Waals surface area contributed by atoms with Gasteiger partial charge in [-0.3, -0.25) is 5.10 Å². The lowest BCUT2D eigenvalue weighted by molar-refractivity contribution is 0.389. The Balaban J connectivity index is 1.94. The Bertz CT molecular complexity index is 959. The van der Waals surface area contributed by atoms with Crippen LogP contribution in [0.5, 0.6) is 11.6 Å². The molecule has 0 saturated heterocycles. The van der Waals surface area contributed by atoms with Gasteiger partial charge in [-0.05, 0) is 42.3 Å². The minimum absolute atomic E-state index is 0.163. The van der Waals surface area contributed by atoms with E-state index in [-0.39, 0.29) is 11.7 Å². The predicted molar refractivity (Wildman–Crippen MR) is 96.5 cm³/mol. The molecule has 6 heteroatoms. The fraction of sp³-hybridized carbons (Fsp3) is 0.105. The van der Waals surface area contributed by atoms with E-state index in [2.05, 4.69) is 10.2 Å². The summed E-state index contributed by atoms with van der Waals surface area (Å²) in [6, 6.07) is 14.6. The Morgan fingerprint density at radius 1 is 1.12 bits per heavy atom. The standard InChI is InChI=1S/C19H16ClN3O2/c1-10-15-16(11-4-8-14(24)9-5-11)17(12-2-6-13(20)7-3-12)18(21)25-19(15)23-22-10/h2-9,16,24H,21H2,1H3,(H,22,23). The number of aromatic hydroxyl groups is 1. The minimum atomic E-state index is -0.163. The number of benzene rings is 2. The fourth-order valence-corrected chi connectivity index (χ4v) is 3.34. The molecule has 0 fully saturated rings. The predicted octanol–water partition coefficient (Wildman–Crippen LogP) is 3.93. The molecule has 2 aromatic carbocycles. The topological polar surface area (TPSA) is 84.2 Å². The number of halogens is 1. The van der Waals surface area contributed by atoms with Gasteiger partial charge in [0.05, 0.1) is 0 Å². The number of hydrogen-bond acceptors (Lipinski definition) is 4. The number of H-pyrrole nitrogens is 1. The molecule has 2 heterocycles. The van der Waals surface area contributed by atoms with Crippen molar-refractivity contribution in [3.05, 3.63) is 81.8 Å². The van der Waals surface area contributed by atoms with Crippen LogP contribution in [-0.2, 0) is 0 Å². The van der Waals surface area contributed by atoms with Gasteiger partial charge < -0.3 is 15.6 Å². The molecule has 4 N–H and O–H groups in total. The maximum absolute atomic E-state index is 9.64. The van der Waals surface area contributed by atoms with E-state index >= 15 is 0 Å². The second kappa shape index (κ2) is 5.86. The van der Waals surface area contributed by atoms with Crippen LogP contribution in [-0.4, -0.2) is 15.3 Å². The Labute approximate surface area is 149 Å². The molecule has 25 heavy (non-hydrogen) atoms. The van der Waals surface area contributed by atoms with Gasteiger partial charge >= 0.3 is 0 Å². The number of nitrogens with two attached hydrogens (primary N) is 1. The number of ether oxygens (including phenoxy) is 1. The first-order chi connectivity index (χ1) is 12.0. The second-order valence-corrected chi connectivity index (χ2v) is 6.42. The maximum Gasteiger partial charge on any atom is 0.244 e. The van der Waals surface area contributed by atoms with Gasteiger partial charge in [0.25, 0.3) is 0 Å². The lowest BCUT2D eigenvalue weighted by Crippen LogP contribution is -2.21. The van der Waals surface area contributed by atoms with E-state index in [1.165, 1.54) is 0 Å². The quantitative estimate of drug-likeness (QED) is 0.651. The van der Waals surface area contributed by atoms with Crippen molar-refractivity contribution >= 4 is 17.2 Å². The molecular formula is C19H16ClN3O2. The first-order valence-corrected chi connectivity index (χ1v) is 8.19. The van der Waals surface area contributed by atoms with E-state index in [0.717, 1.165) is 28.0 Å². The summed E-state index contributed by atoms with van der Waals surface area (Å²) in [7, 11) is 0. The third-order valence-corrected chi connectivity index (χ3v) is 4.64. The van der Waals surface area contributed by atoms with Crippen LogP contribution in [0.25, 0.3) is 5.57 Å². The average Bonchev–Trinajstić information content (AvgIpc) is 2.96. The summed E-state index contributed by atoms with van der Waals surface area (Å²) in [6.45, 7) is 1.95. The van der Waals surface area contributed by atoms with Crippen molar-refractivity contribution in [3.63, 3.8) is 0 Å². The Hall–Kier alpha value is -2.92. The summed E-state index contributed by atoms with van der Waals surface area (Å²) in [5.74, 6) is 0.833. The number of aryl methyl sites for hydroxylation is 1. The lowest BCUT2D eigenvalue weighted by atomic mass is 9.80. The number of phenols is 1. The molecule has 126 valence electrons. The number of hydrogen-bond donors (Lipinski definition) is 3. The molecule has 1 aliphatic heterocycles. The fourth-order valence-electron chi connectivity index (χ4n) is 3.22. The van der Waals surface area contributed by atoms with E-state index < -0.39 is 0 Å². The normalized spacial score (nSPS) is 16.5. The van der Waals surface area contributed by atoms with Crippen molar-refractivity contribution in [2.45, 2.75) is 12.8 Å². The number of aromatic nitrogens is 2. The lowest BCUT2D eigenvalue weighted by Gasteiger charge is -2.27. The highest BCUT2D eigenvalue weighted by atomic mass is 35.5. The van der Waals surface area contributed by atoms with Gasteiger partial charge in [0.2, 0.25) is 5.88 Å². The molecule has 0 spiro atoms. The van der Waals surface area contributed by atoms with Crippen molar-refractivity contribution in [1.82, 2.24) is 10.2 Å². The first kappa shape index (κ1) is 15.6. The van der Waals surface area contributed by atoms with Gasteiger partial charge in [-0.15, -0.1) is 5.10 Å². The first-order valence-electron chi connectivity index (χ1n) is 7.82. The summed E-state index contributed by atoms with van der Waals surface area (Å²) in [5, 5.41) is 17.5. The van der Waals surface area contributed by atoms with Crippen LogP contribution in [0.1, 0.15) is 28.3 Å². The van der Waals surface area contributed by atoms with Gasteiger partial charge in [0.15, 0.2) is 5.88 Å². The Morgan fingerprint density at radius 3 is 2.48 bits per heavy atom. The number of allylic oxidation sites excluding steroid dienone is 1. The van der Waals surface area contributed by atoms with Gasteiger partial charge in [-0.2, -0.15) is 0 Å². The summed E-state index contributed by atoms with van der Waals surface area (Å²) in [5.41, 5.74) is 10.9. The second-order valence-electron chi connectivity index (χ2n) is 5.98. The number of rotatable bonds is 2. The van der Waals surface area contributed by atoms with Crippen LogP contribution in [0.3, 0.4) is 0 Å². The van der Waals surface area contributed by atoms with Crippen LogP contribution in [0, 0.1) is 6.92 Å². The number of fused-ring (bicyclic) bond motifs is 1. The summed E-state index contributed by atoms with van der Waals surface area (Å²) in [4.78, 5) is 0. The van der Waals surface area contributed by atoms with E-state index in [1.54, 1.807) is 12.1 Å². The largest absolute Gasteiger partial charge is 0.508 e. The monoisotopic (exact) mass is 353 g/mol. The Kier molecular flexibility index (Phi) is 3.66. The van der Waals surface area contributed by atoms with Crippen molar-refractivity contribution in [2.24, 2.45) is 5.73 Å². The number of nitrogens with one attached hydrogen (secondary N) is 1. The van der Waals surface area contributed by atoms with Crippen LogP contribution in [0.4, 0.5) is 0 Å². The van der Waals surface area contributed by atoms with Crippen LogP contribution >= 0.6 is 11.6 Å². The number of aromatic amines is 1. The highest BCUT2D eigenvalue weighted by Gasteiger charge is 2.34. The van der Waals surface area contributed by atoms with Crippen LogP contribution < -0.4 is 10.5 Å². The van der Waals surface area contributed by atoms with E-state index in [4.69, 9.17) is 22.1 Å². The molecule has 0 aliphatic carbocycles. The molecular weight excluding hydrogens is 338 g/mol. The van der Waals surface area contributed by atoms with E-state index in [0.29, 0.717) is 16.8 Å². The SMILES string of the molecule is Cc1[nH]nc2c1C(c1ccc(O)cc1)C(c1ccc(Cl)cc1)=C(N)O2. The summed E-state index contributed by atoms with van der Waals surface area (Å²) >= 11 is 6.03. The third-order valence-electron chi connectivity index (χ3n) is 4.39. The molecule has 0 bridgehead atoms. The summed E-state index contributed by atoms with van der Waals surface area (Å²) < 4.78 is 5.76. The van der Waals surface area contributed by atoms with E-state index in [1.807, 2.05) is 43.3 Å². The molecule has 1 unspecified atom stereocenters. The molecule has 5 nitrogen and oxygen atoms in total. The van der Waals surface area contributed by atoms with Crippen molar-refractivity contribution < 1.29 is 9.84 Å². The molecule has 4 rings (SSSR count). The maximum atomic E-state index is 9.64. The van der Waals surface area contributed by atoms with Gasteiger partial charge in [-0.1, -0.05) is 35.9 Å². The molecule has 0 radical (unpaired) electrons. The van der Waals surface area contributed by atoms with Gasteiger partial charge in [-0.25, -0.2) is 0 Å². The van der Waals surface area contributed by atoms with Crippen LogP contribution in [0.2, 0.25) is 5.02 Å². The van der Waals surface area contributed by atoms with E-state index in [9.17, 15) is 5.11 Å². The zero-order valence-corrected chi connectivity index (χ0v) is 14.2. The number of phenolic OH excluding ortho intramolecular Hbond substituents is 1. The highest BCUT2D eigenvalue weighted by Crippen LogP contribution is 2.47. The third kappa shape index (κ3) is 2.62. The van der Waals surface area contributed by atoms with Crippen molar-refractivity contribution in [3.8, 4) is 11.6 Å². The molecule has 0 amide bonds. The molecule has 1 aliphatic rings. The van der Waals surface area contributed by atoms with Crippen LogP contribution in [0.15, 0.2) is 54.4 Å². The molecule has 1 atom stereocenters. The zero-order chi connectivity index (χ0) is 17.6. The van der Waals surface area contributed by atoms with Crippen molar-refractivity contribution in [2.75, 3.05) is 0 Å². The zero-order valence-electron chi connectivity index (χ0n) is 13.5. The average molecular weight is 354 g/mol. The number of nitrogens with zero attached hydrogens (tertiary/aromatic N) is 1. The van der Waals surface area contributed by atoms with Gasteiger partial charge in [0, 0.05) is 27.8 Å². The summed E-state index contributed by atoms with van der Waals surface area (Å²) in [6.07, 6.45) is 0. The van der Waals surface area contributed by atoms with Gasteiger partial charge in [0.1, 0.15) is 5.75 Å². The Morgan fingerprint density at radius 2 is 1.80 bits per heavy atom. The smallest absolute Gasteiger partial charge is 0.244 e. The molecule has 3 aromatic rings. The minimum Gasteiger partial charge on any atom is -0.508 e. The highest BCUT2D eigenvalue weighted by molar-refractivity contribution is 6.30. The molecule has 0 saturated carbocycles. The molecule has 1 aromatic heterocycles. The van der Waals surface area contributed by atoms with Crippen molar-refractivity contribution in [1.29, 1.82) is 0 Å².